The molecule has 2 aromatic carbocycles. The molecule has 0 fully saturated rings. The lowest BCUT2D eigenvalue weighted by atomic mass is 10.2. The van der Waals surface area contributed by atoms with Crippen LogP contribution in [0.3, 0.4) is 0 Å². The molecule has 0 aliphatic rings. The first-order chi connectivity index (χ1) is 9.38. The summed E-state index contributed by atoms with van der Waals surface area (Å²) in [4.78, 5) is -0.00143. The largest absolute Gasteiger partial charge is 0.489 e. The number of halogens is 3. The van der Waals surface area contributed by atoms with Crippen LogP contribution >= 0.6 is 26.6 Å². The molecule has 7 heteroatoms. The minimum Gasteiger partial charge on any atom is -0.489 e. The van der Waals surface area contributed by atoms with Crippen LogP contribution in [0.15, 0.2) is 51.8 Å². The Hall–Kier alpha value is -1.11. The minimum absolute atomic E-state index is 0.00143. The molecule has 0 saturated heterocycles. The fourth-order valence-electron chi connectivity index (χ4n) is 1.52. The average Bonchev–Trinajstić information content (AvgIpc) is 2.40. The fraction of sp³-hybridized carbons (Fsp3) is 0.0769. The van der Waals surface area contributed by atoms with Gasteiger partial charge in [0.2, 0.25) is 0 Å². The predicted molar refractivity (Wildman–Crippen MR) is 77.9 cm³/mol. The third kappa shape index (κ3) is 3.71. The Balaban J connectivity index is 2.10. The number of hydrogen-bond donors (Lipinski definition) is 0. The third-order valence-corrected chi connectivity index (χ3v) is 4.79. The van der Waals surface area contributed by atoms with Gasteiger partial charge in [-0.1, -0.05) is 12.1 Å². The van der Waals surface area contributed by atoms with Gasteiger partial charge in [-0.15, -0.1) is 0 Å². The summed E-state index contributed by atoms with van der Waals surface area (Å²) in [6, 6.07) is 10.3. The van der Waals surface area contributed by atoms with Crippen molar-refractivity contribution in [2.75, 3.05) is 0 Å². The van der Waals surface area contributed by atoms with Gasteiger partial charge in [0.25, 0.3) is 9.05 Å². The van der Waals surface area contributed by atoms with Crippen molar-refractivity contribution in [3.63, 3.8) is 0 Å². The summed E-state index contributed by atoms with van der Waals surface area (Å²) in [6.07, 6.45) is 0. The molecule has 0 unspecified atom stereocenters. The summed E-state index contributed by atoms with van der Waals surface area (Å²) in [7, 11) is 1.47. The average molecular weight is 380 g/mol. The van der Waals surface area contributed by atoms with E-state index in [1.165, 1.54) is 30.3 Å². The van der Waals surface area contributed by atoms with Crippen molar-refractivity contribution < 1.29 is 17.5 Å². The Morgan fingerprint density at radius 2 is 1.80 bits per heavy atom. The van der Waals surface area contributed by atoms with E-state index >= 15 is 0 Å². The molecule has 0 saturated carbocycles. The molecule has 0 radical (unpaired) electrons. The summed E-state index contributed by atoms with van der Waals surface area (Å²) in [6.45, 7) is 0.158. The molecular formula is C13H9BrClFO3S. The second kappa shape index (κ2) is 6.11. The van der Waals surface area contributed by atoms with Crippen molar-refractivity contribution in [2.45, 2.75) is 11.5 Å². The van der Waals surface area contributed by atoms with Crippen LogP contribution in [0.2, 0.25) is 0 Å². The van der Waals surface area contributed by atoms with Crippen LogP contribution in [0.5, 0.6) is 5.75 Å². The standard InChI is InChI=1S/C13H9BrClFO3S/c14-13-9(2-1-3-12(13)16)8-19-10-4-6-11(7-5-10)20(15,17)18/h1-7H,8H2. The molecule has 0 aliphatic heterocycles. The van der Waals surface area contributed by atoms with Crippen LogP contribution in [0, 0.1) is 5.82 Å². The van der Waals surface area contributed by atoms with Crippen molar-refractivity contribution in [3.05, 3.63) is 58.3 Å². The van der Waals surface area contributed by atoms with Crippen molar-refractivity contribution >= 4 is 35.7 Å². The zero-order valence-electron chi connectivity index (χ0n) is 10.0. The first kappa shape index (κ1) is 15.3. The maximum absolute atomic E-state index is 13.3. The van der Waals surface area contributed by atoms with E-state index in [0.29, 0.717) is 15.8 Å². The van der Waals surface area contributed by atoms with E-state index in [2.05, 4.69) is 15.9 Å². The van der Waals surface area contributed by atoms with Gasteiger partial charge in [-0.25, -0.2) is 12.8 Å². The van der Waals surface area contributed by atoms with Gasteiger partial charge in [-0.2, -0.15) is 0 Å². The highest BCUT2D eigenvalue weighted by molar-refractivity contribution is 9.10. The zero-order chi connectivity index (χ0) is 14.8. The summed E-state index contributed by atoms with van der Waals surface area (Å²) in [5.41, 5.74) is 0.652. The summed E-state index contributed by atoms with van der Waals surface area (Å²) in [5, 5.41) is 0. The van der Waals surface area contributed by atoms with Crippen LogP contribution in [0.25, 0.3) is 0 Å². The van der Waals surface area contributed by atoms with E-state index < -0.39 is 9.05 Å². The van der Waals surface area contributed by atoms with Crippen molar-refractivity contribution in [1.29, 1.82) is 0 Å². The molecule has 2 aromatic rings. The number of rotatable bonds is 4. The summed E-state index contributed by atoms with van der Waals surface area (Å²) < 4.78 is 41.3. The highest BCUT2D eigenvalue weighted by Crippen LogP contribution is 2.23. The predicted octanol–water partition coefficient (Wildman–Crippen LogP) is 4.09. The van der Waals surface area contributed by atoms with Gasteiger partial charge in [0, 0.05) is 16.2 Å². The Morgan fingerprint density at radius 1 is 1.15 bits per heavy atom. The first-order valence-electron chi connectivity index (χ1n) is 5.48. The molecule has 0 aromatic heterocycles. The SMILES string of the molecule is O=S(=O)(Cl)c1ccc(OCc2cccc(F)c2Br)cc1. The Morgan fingerprint density at radius 3 is 2.40 bits per heavy atom. The first-order valence-corrected chi connectivity index (χ1v) is 8.58. The topological polar surface area (TPSA) is 43.4 Å². The van der Waals surface area contributed by atoms with E-state index in [-0.39, 0.29) is 17.3 Å². The normalized spacial score (nSPS) is 11.3. The highest BCUT2D eigenvalue weighted by atomic mass is 79.9. The van der Waals surface area contributed by atoms with E-state index in [4.69, 9.17) is 15.4 Å². The molecule has 0 spiro atoms. The van der Waals surface area contributed by atoms with Crippen LogP contribution in [-0.2, 0) is 15.7 Å². The summed E-state index contributed by atoms with van der Waals surface area (Å²) in [5.74, 6) is 0.0971. The van der Waals surface area contributed by atoms with Crippen molar-refractivity contribution in [3.8, 4) is 5.75 Å². The lowest BCUT2D eigenvalue weighted by molar-refractivity contribution is 0.304. The van der Waals surface area contributed by atoms with E-state index in [1.807, 2.05) is 0 Å². The minimum atomic E-state index is -3.74. The second-order valence-corrected chi connectivity index (χ2v) is 7.27. The summed E-state index contributed by atoms with van der Waals surface area (Å²) >= 11 is 3.14. The Labute approximate surface area is 128 Å². The van der Waals surface area contributed by atoms with Crippen LogP contribution in [0.1, 0.15) is 5.56 Å². The van der Waals surface area contributed by atoms with Crippen molar-refractivity contribution in [1.82, 2.24) is 0 Å². The highest BCUT2D eigenvalue weighted by Gasteiger charge is 2.10. The molecule has 106 valence electrons. The number of ether oxygens (including phenoxy) is 1. The monoisotopic (exact) mass is 378 g/mol. The molecule has 0 atom stereocenters. The maximum atomic E-state index is 13.3. The van der Waals surface area contributed by atoms with Crippen molar-refractivity contribution in [2.24, 2.45) is 0 Å². The van der Waals surface area contributed by atoms with Crippen LogP contribution in [-0.4, -0.2) is 8.42 Å². The molecule has 0 N–H and O–H groups in total. The Bertz CT molecular complexity index is 717. The Kier molecular flexibility index (Phi) is 4.67. The van der Waals surface area contributed by atoms with Gasteiger partial charge in [0.15, 0.2) is 0 Å². The molecule has 0 aliphatic carbocycles. The van der Waals surface area contributed by atoms with E-state index in [0.717, 1.165) is 0 Å². The fourth-order valence-corrected chi connectivity index (χ4v) is 2.67. The quantitative estimate of drug-likeness (QED) is 0.751. The molecule has 2 rings (SSSR count). The zero-order valence-corrected chi connectivity index (χ0v) is 13.2. The van der Waals surface area contributed by atoms with Gasteiger partial charge in [0.1, 0.15) is 18.2 Å². The van der Waals surface area contributed by atoms with E-state index in [1.54, 1.807) is 12.1 Å². The van der Waals surface area contributed by atoms with Gasteiger partial charge >= 0.3 is 0 Å². The van der Waals surface area contributed by atoms with Gasteiger partial charge < -0.3 is 4.74 Å². The molecule has 3 nitrogen and oxygen atoms in total. The van der Waals surface area contributed by atoms with E-state index in [9.17, 15) is 12.8 Å². The molecule has 0 bridgehead atoms. The molecular weight excluding hydrogens is 371 g/mol. The molecule has 20 heavy (non-hydrogen) atoms. The van der Waals surface area contributed by atoms with Gasteiger partial charge in [-0.05, 0) is 46.3 Å². The molecule has 0 amide bonds. The number of hydrogen-bond acceptors (Lipinski definition) is 3. The second-order valence-electron chi connectivity index (χ2n) is 3.91. The lowest BCUT2D eigenvalue weighted by Crippen LogP contribution is -1.98. The maximum Gasteiger partial charge on any atom is 0.261 e. The smallest absolute Gasteiger partial charge is 0.261 e. The van der Waals surface area contributed by atoms with Crippen LogP contribution < -0.4 is 4.74 Å². The number of benzene rings is 2. The lowest BCUT2D eigenvalue weighted by Gasteiger charge is -2.08. The van der Waals surface area contributed by atoms with Crippen LogP contribution in [0.4, 0.5) is 4.39 Å². The van der Waals surface area contributed by atoms with Gasteiger partial charge in [0.05, 0.1) is 9.37 Å². The van der Waals surface area contributed by atoms with Gasteiger partial charge in [-0.3, -0.25) is 0 Å². The third-order valence-electron chi connectivity index (χ3n) is 2.53. The molecule has 0 heterocycles.